The van der Waals surface area contributed by atoms with Gasteiger partial charge in [0, 0.05) is 24.2 Å². The number of fused-ring (bicyclic) bond motifs is 3. The average molecular weight is 362 g/mol. The SMILES string of the molecule is CC(=O)c1ccc(-c2ccc(NC(=O)CC3CN4CCC3CC4)cc2)cc1. The minimum absolute atomic E-state index is 0.0718. The van der Waals surface area contributed by atoms with E-state index in [-0.39, 0.29) is 11.7 Å². The van der Waals surface area contributed by atoms with Crippen LogP contribution in [0.3, 0.4) is 0 Å². The van der Waals surface area contributed by atoms with E-state index >= 15 is 0 Å². The molecule has 1 unspecified atom stereocenters. The topological polar surface area (TPSA) is 49.4 Å². The molecule has 5 rings (SSSR count). The standard InChI is InChI=1S/C23H26N2O2/c1-16(26)17-2-4-18(5-3-17)19-6-8-22(9-7-19)24-23(27)14-21-15-25-12-10-20(21)11-13-25/h2-9,20-21H,10-15H2,1H3,(H,24,27). The van der Waals surface area contributed by atoms with Gasteiger partial charge in [-0.15, -0.1) is 0 Å². The Bertz CT molecular complexity index is 818. The molecule has 1 atom stereocenters. The number of carbonyl (C=O) groups excluding carboxylic acids is 2. The molecule has 0 aromatic heterocycles. The summed E-state index contributed by atoms with van der Waals surface area (Å²) in [5.74, 6) is 1.42. The van der Waals surface area contributed by atoms with E-state index < -0.39 is 0 Å². The minimum Gasteiger partial charge on any atom is -0.326 e. The van der Waals surface area contributed by atoms with Gasteiger partial charge in [0.25, 0.3) is 0 Å². The Balaban J connectivity index is 1.36. The molecule has 27 heavy (non-hydrogen) atoms. The van der Waals surface area contributed by atoms with Crippen LogP contribution in [-0.4, -0.2) is 36.2 Å². The first-order chi connectivity index (χ1) is 13.1. The fourth-order valence-electron chi connectivity index (χ4n) is 4.41. The third-order valence-corrected chi connectivity index (χ3v) is 6.03. The van der Waals surface area contributed by atoms with Crippen molar-refractivity contribution in [3.63, 3.8) is 0 Å². The number of piperidine rings is 3. The molecule has 4 nitrogen and oxygen atoms in total. The van der Waals surface area contributed by atoms with Crippen LogP contribution in [0.1, 0.15) is 36.5 Å². The number of nitrogens with zero attached hydrogens (tertiary/aromatic N) is 1. The Morgan fingerprint density at radius 2 is 1.56 bits per heavy atom. The van der Waals surface area contributed by atoms with Crippen LogP contribution in [0.15, 0.2) is 48.5 Å². The van der Waals surface area contributed by atoms with E-state index in [1.807, 2.05) is 48.5 Å². The smallest absolute Gasteiger partial charge is 0.224 e. The highest BCUT2D eigenvalue weighted by atomic mass is 16.1. The molecule has 2 bridgehead atoms. The number of amides is 1. The lowest BCUT2D eigenvalue weighted by atomic mass is 9.77. The van der Waals surface area contributed by atoms with Gasteiger partial charge in [0.1, 0.15) is 0 Å². The summed E-state index contributed by atoms with van der Waals surface area (Å²) in [5.41, 5.74) is 3.69. The number of nitrogens with one attached hydrogen (secondary N) is 1. The van der Waals surface area contributed by atoms with Crippen LogP contribution in [-0.2, 0) is 4.79 Å². The van der Waals surface area contributed by atoms with Gasteiger partial charge in [-0.3, -0.25) is 9.59 Å². The van der Waals surface area contributed by atoms with E-state index in [0.29, 0.717) is 12.3 Å². The maximum atomic E-state index is 12.5. The van der Waals surface area contributed by atoms with Crippen LogP contribution < -0.4 is 5.32 Å². The molecule has 1 N–H and O–H groups in total. The first kappa shape index (κ1) is 17.9. The lowest BCUT2D eigenvalue weighted by Gasteiger charge is -2.44. The van der Waals surface area contributed by atoms with Crippen LogP contribution in [0, 0.1) is 11.8 Å². The zero-order chi connectivity index (χ0) is 18.8. The highest BCUT2D eigenvalue weighted by Crippen LogP contribution is 2.34. The Hall–Kier alpha value is -2.46. The molecule has 3 aliphatic rings. The zero-order valence-corrected chi connectivity index (χ0v) is 15.8. The summed E-state index contributed by atoms with van der Waals surface area (Å²) in [6, 6.07) is 15.5. The highest BCUT2D eigenvalue weighted by molar-refractivity contribution is 5.94. The van der Waals surface area contributed by atoms with Crippen molar-refractivity contribution in [3.8, 4) is 11.1 Å². The summed E-state index contributed by atoms with van der Waals surface area (Å²) >= 11 is 0. The number of rotatable bonds is 5. The summed E-state index contributed by atoms with van der Waals surface area (Å²) < 4.78 is 0. The number of anilines is 1. The number of Topliss-reactive ketones (excluding diaryl/α,β-unsaturated/α-hetero) is 1. The third-order valence-electron chi connectivity index (χ3n) is 6.03. The lowest BCUT2D eigenvalue weighted by Crippen LogP contribution is -2.48. The second-order valence-electron chi connectivity index (χ2n) is 7.86. The molecule has 4 heteroatoms. The highest BCUT2D eigenvalue weighted by Gasteiger charge is 2.34. The fraction of sp³-hybridized carbons (Fsp3) is 0.391. The average Bonchev–Trinajstić information content (AvgIpc) is 2.69. The molecular weight excluding hydrogens is 336 g/mol. The van der Waals surface area contributed by atoms with E-state index in [4.69, 9.17) is 0 Å². The monoisotopic (exact) mass is 362 g/mol. The lowest BCUT2D eigenvalue weighted by molar-refractivity contribution is -0.118. The van der Waals surface area contributed by atoms with Crippen LogP contribution in [0.25, 0.3) is 11.1 Å². The predicted molar refractivity (Wildman–Crippen MR) is 108 cm³/mol. The molecule has 1 amide bonds. The fourth-order valence-corrected chi connectivity index (χ4v) is 4.41. The third kappa shape index (κ3) is 4.11. The zero-order valence-electron chi connectivity index (χ0n) is 15.8. The van der Waals surface area contributed by atoms with Gasteiger partial charge in [-0.2, -0.15) is 0 Å². The van der Waals surface area contributed by atoms with Crippen molar-refractivity contribution in [1.29, 1.82) is 0 Å². The quantitative estimate of drug-likeness (QED) is 0.810. The van der Waals surface area contributed by atoms with Crippen molar-refractivity contribution in [3.05, 3.63) is 54.1 Å². The summed E-state index contributed by atoms with van der Waals surface area (Å²) in [6.07, 6.45) is 3.11. The van der Waals surface area contributed by atoms with Crippen molar-refractivity contribution in [2.75, 3.05) is 25.0 Å². The number of ketones is 1. The summed E-state index contributed by atoms with van der Waals surface area (Å²) in [6.45, 7) is 5.06. The molecule has 0 saturated carbocycles. The van der Waals surface area contributed by atoms with Gasteiger partial charge in [-0.05, 0) is 68.0 Å². The van der Waals surface area contributed by atoms with Crippen molar-refractivity contribution in [1.82, 2.24) is 4.90 Å². The second-order valence-corrected chi connectivity index (χ2v) is 7.86. The van der Waals surface area contributed by atoms with Gasteiger partial charge in [0.2, 0.25) is 5.91 Å². The molecule has 140 valence electrons. The predicted octanol–water partition coefficient (Wildman–Crippen LogP) is 4.23. The Labute approximate surface area is 160 Å². The van der Waals surface area contributed by atoms with Gasteiger partial charge in [-0.25, -0.2) is 0 Å². The van der Waals surface area contributed by atoms with Crippen LogP contribution in [0.5, 0.6) is 0 Å². The summed E-state index contributed by atoms with van der Waals surface area (Å²) in [7, 11) is 0. The number of benzene rings is 2. The van der Waals surface area contributed by atoms with Crippen LogP contribution >= 0.6 is 0 Å². The Morgan fingerprint density at radius 1 is 0.963 bits per heavy atom. The molecule has 3 aliphatic heterocycles. The van der Waals surface area contributed by atoms with Gasteiger partial charge in [0.15, 0.2) is 5.78 Å². The van der Waals surface area contributed by atoms with Crippen molar-refractivity contribution >= 4 is 17.4 Å². The summed E-state index contributed by atoms with van der Waals surface area (Å²) in [5, 5.41) is 3.05. The van der Waals surface area contributed by atoms with E-state index in [2.05, 4.69) is 10.2 Å². The van der Waals surface area contributed by atoms with E-state index in [1.54, 1.807) is 6.92 Å². The van der Waals surface area contributed by atoms with Crippen LogP contribution in [0.4, 0.5) is 5.69 Å². The molecule has 3 fully saturated rings. The van der Waals surface area contributed by atoms with Gasteiger partial charge >= 0.3 is 0 Å². The number of hydrogen-bond acceptors (Lipinski definition) is 3. The number of carbonyl (C=O) groups is 2. The Kier molecular flexibility index (Phi) is 5.08. The largest absolute Gasteiger partial charge is 0.326 e. The van der Waals surface area contributed by atoms with Gasteiger partial charge in [-0.1, -0.05) is 36.4 Å². The molecule has 0 radical (unpaired) electrons. The maximum absolute atomic E-state index is 12.5. The summed E-state index contributed by atoms with van der Waals surface area (Å²) in [4.78, 5) is 26.3. The van der Waals surface area contributed by atoms with Crippen LogP contribution in [0.2, 0.25) is 0 Å². The molecule has 0 spiro atoms. The molecule has 0 aliphatic carbocycles. The normalized spacial score (nSPS) is 23.8. The van der Waals surface area contributed by atoms with E-state index in [1.165, 1.54) is 25.9 Å². The Morgan fingerprint density at radius 3 is 2.07 bits per heavy atom. The molecular formula is C23H26N2O2. The first-order valence-corrected chi connectivity index (χ1v) is 9.82. The minimum atomic E-state index is 0.0718. The van der Waals surface area contributed by atoms with Crippen molar-refractivity contribution in [2.45, 2.75) is 26.2 Å². The molecule has 2 aromatic rings. The molecule has 2 aromatic carbocycles. The van der Waals surface area contributed by atoms with Crippen molar-refractivity contribution < 1.29 is 9.59 Å². The van der Waals surface area contributed by atoms with Crippen molar-refractivity contribution in [2.24, 2.45) is 11.8 Å². The van der Waals surface area contributed by atoms with E-state index in [9.17, 15) is 9.59 Å². The van der Waals surface area contributed by atoms with Gasteiger partial charge < -0.3 is 10.2 Å². The van der Waals surface area contributed by atoms with Gasteiger partial charge in [0.05, 0.1) is 0 Å². The second kappa shape index (κ2) is 7.65. The molecule has 3 saturated heterocycles. The first-order valence-electron chi connectivity index (χ1n) is 9.82. The maximum Gasteiger partial charge on any atom is 0.224 e. The number of hydrogen-bond donors (Lipinski definition) is 1. The molecule has 3 heterocycles. The van der Waals surface area contributed by atoms with E-state index in [0.717, 1.165) is 34.8 Å².